The minimum Gasteiger partial charge on any atom is -0.508 e. The van der Waals surface area contributed by atoms with Crippen LogP contribution < -0.4 is 4.74 Å². The molecule has 0 saturated carbocycles. The van der Waals surface area contributed by atoms with E-state index in [1.54, 1.807) is 18.2 Å². The number of rotatable bonds is 2. The summed E-state index contributed by atoms with van der Waals surface area (Å²) in [5.41, 5.74) is 0.957. The van der Waals surface area contributed by atoms with E-state index in [4.69, 9.17) is 9.47 Å². The molecule has 1 aliphatic heterocycles. The number of fused-ring (bicyclic) bond motifs is 1. The fourth-order valence-electron chi connectivity index (χ4n) is 1.72. The van der Waals surface area contributed by atoms with Gasteiger partial charge in [0.15, 0.2) is 0 Å². The molecule has 1 aromatic rings. The van der Waals surface area contributed by atoms with E-state index in [1.165, 1.54) is 0 Å². The number of phenolic OH excluding ortho intramolecular Hbond substituents is 1. The maximum Gasteiger partial charge on any atom is 0.125 e. The molecule has 0 amide bonds. The minimum atomic E-state index is 0.0656. The molecular formula is C11H14O3. The van der Waals surface area contributed by atoms with Crippen molar-refractivity contribution in [3.63, 3.8) is 0 Å². The lowest BCUT2D eigenvalue weighted by Gasteiger charge is -2.25. The second-order valence-corrected chi connectivity index (χ2v) is 3.30. The number of benzene rings is 1. The van der Waals surface area contributed by atoms with Gasteiger partial charge in [-0.3, -0.25) is 0 Å². The van der Waals surface area contributed by atoms with Gasteiger partial charge in [-0.2, -0.15) is 0 Å². The van der Waals surface area contributed by atoms with E-state index >= 15 is 0 Å². The summed E-state index contributed by atoms with van der Waals surface area (Å²) in [7, 11) is 0. The molecule has 3 heteroatoms. The molecule has 1 aromatic carbocycles. The van der Waals surface area contributed by atoms with Crippen molar-refractivity contribution in [3.8, 4) is 11.5 Å². The summed E-state index contributed by atoms with van der Waals surface area (Å²) in [6.07, 6.45) is 0.917. The molecule has 1 heterocycles. The number of aromatic hydroxyl groups is 1. The summed E-state index contributed by atoms with van der Waals surface area (Å²) in [5.74, 6) is 1.09. The fourth-order valence-corrected chi connectivity index (χ4v) is 1.72. The summed E-state index contributed by atoms with van der Waals surface area (Å²) >= 11 is 0. The molecule has 1 atom stereocenters. The number of ether oxygens (including phenoxy) is 2. The maximum atomic E-state index is 9.36. The zero-order valence-electron chi connectivity index (χ0n) is 8.19. The van der Waals surface area contributed by atoms with Gasteiger partial charge in [-0.1, -0.05) is 0 Å². The second-order valence-electron chi connectivity index (χ2n) is 3.30. The molecule has 0 aliphatic carbocycles. The van der Waals surface area contributed by atoms with Gasteiger partial charge in [0.05, 0.1) is 12.7 Å². The van der Waals surface area contributed by atoms with Crippen LogP contribution in [-0.2, 0) is 4.74 Å². The Hall–Kier alpha value is -1.22. The van der Waals surface area contributed by atoms with Crippen molar-refractivity contribution < 1.29 is 14.6 Å². The first-order chi connectivity index (χ1) is 6.81. The standard InChI is InChI=1S/C11H14O3/c1-2-13-11-5-6-14-10-4-3-8(12)7-9(10)11/h3-4,7,11-12H,2,5-6H2,1H3. The van der Waals surface area contributed by atoms with E-state index in [0.29, 0.717) is 13.2 Å². The van der Waals surface area contributed by atoms with E-state index in [0.717, 1.165) is 17.7 Å². The Morgan fingerprint density at radius 1 is 1.57 bits per heavy atom. The summed E-state index contributed by atoms with van der Waals surface area (Å²) in [6.45, 7) is 3.33. The first-order valence-corrected chi connectivity index (χ1v) is 4.88. The summed E-state index contributed by atoms with van der Waals surface area (Å²) < 4.78 is 11.0. The van der Waals surface area contributed by atoms with Crippen LogP contribution in [-0.4, -0.2) is 18.3 Å². The van der Waals surface area contributed by atoms with Crippen LogP contribution in [0.25, 0.3) is 0 Å². The Morgan fingerprint density at radius 2 is 2.43 bits per heavy atom. The molecule has 1 aliphatic rings. The summed E-state index contributed by atoms with van der Waals surface area (Å²) in [4.78, 5) is 0. The predicted octanol–water partition coefficient (Wildman–Crippen LogP) is 2.25. The van der Waals surface area contributed by atoms with E-state index in [2.05, 4.69) is 0 Å². The zero-order chi connectivity index (χ0) is 9.97. The quantitative estimate of drug-likeness (QED) is 0.784. The molecule has 3 nitrogen and oxygen atoms in total. The highest BCUT2D eigenvalue weighted by molar-refractivity contribution is 5.42. The number of phenols is 1. The third-order valence-corrected chi connectivity index (χ3v) is 2.35. The van der Waals surface area contributed by atoms with Gasteiger partial charge in [-0.15, -0.1) is 0 Å². The van der Waals surface area contributed by atoms with Gasteiger partial charge in [-0.05, 0) is 25.1 Å². The zero-order valence-corrected chi connectivity index (χ0v) is 8.19. The highest BCUT2D eigenvalue weighted by Crippen LogP contribution is 2.36. The van der Waals surface area contributed by atoms with Crippen LogP contribution in [0.1, 0.15) is 25.0 Å². The normalized spacial score (nSPS) is 19.9. The van der Waals surface area contributed by atoms with Crippen molar-refractivity contribution in [1.82, 2.24) is 0 Å². The first-order valence-electron chi connectivity index (χ1n) is 4.88. The van der Waals surface area contributed by atoms with Gasteiger partial charge < -0.3 is 14.6 Å². The second kappa shape index (κ2) is 3.88. The summed E-state index contributed by atoms with van der Waals surface area (Å²) in [5, 5.41) is 9.36. The molecular weight excluding hydrogens is 180 g/mol. The Kier molecular flexibility index (Phi) is 2.59. The highest BCUT2D eigenvalue weighted by Gasteiger charge is 2.21. The van der Waals surface area contributed by atoms with Gasteiger partial charge in [0.25, 0.3) is 0 Å². The van der Waals surface area contributed by atoms with Gasteiger partial charge >= 0.3 is 0 Å². The number of hydrogen-bond acceptors (Lipinski definition) is 3. The first kappa shape index (κ1) is 9.34. The lowest BCUT2D eigenvalue weighted by Crippen LogP contribution is -2.16. The molecule has 1 N–H and O–H groups in total. The Labute approximate surface area is 83.3 Å². The van der Waals surface area contributed by atoms with Crippen molar-refractivity contribution in [2.24, 2.45) is 0 Å². The van der Waals surface area contributed by atoms with E-state index in [1.807, 2.05) is 6.92 Å². The Bertz CT molecular complexity index is 322. The minimum absolute atomic E-state index is 0.0656. The molecule has 0 radical (unpaired) electrons. The predicted molar refractivity (Wildman–Crippen MR) is 52.6 cm³/mol. The highest BCUT2D eigenvalue weighted by atomic mass is 16.5. The average Bonchev–Trinajstić information content (AvgIpc) is 2.19. The number of hydrogen-bond donors (Lipinski definition) is 1. The van der Waals surface area contributed by atoms with Crippen molar-refractivity contribution in [2.75, 3.05) is 13.2 Å². The van der Waals surface area contributed by atoms with Crippen LogP contribution >= 0.6 is 0 Å². The Morgan fingerprint density at radius 3 is 3.21 bits per heavy atom. The van der Waals surface area contributed by atoms with Crippen LogP contribution in [0.4, 0.5) is 0 Å². The summed E-state index contributed by atoms with van der Waals surface area (Å²) in [6, 6.07) is 5.14. The Balaban J connectivity index is 2.32. The van der Waals surface area contributed by atoms with Crippen LogP contribution in [0.15, 0.2) is 18.2 Å². The monoisotopic (exact) mass is 194 g/mol. The molecule has 0 spiro atoms. The van der Waals surface area contributed by atoms with E-state index < -0.39 is 0 Å². The molecule has 0 aromatic heterocycles. The van der Waals surface area contributed by atoms with E-state index in [-0.39, 0.29) is 11.9 Å². The fraction of sp³-hybridized carbons (Fsp3) is 0.455. The molecule has 0 bridgehead atoms. The van der Waals surface area contributed by atoms with Crippen molar-refractivity contribution >= 4 is 0 Å². The van der Waals surface area contributed by atoms with Crippen molar-refractivity contribution in [3.05, 3.63) is 23.8 Å². The van der Waals surface area contributed by atoms with Gasteiger partial charge in [0.2, 0.25) is 0 Å². The molecule has 14 heavy (non-hydrogen) atoms. The molecule has 2 rings (SSSR count). The largest absolute Gasteiger partial charge is 0.508 e. The van der Waals surface area contributed by atoms with Gasteiger partial charge in [0.1, 0.15) is 11.5 Å². The van der Waals surface area contributed by atoms with Crippen LogP contribution in [0.5, 0.6) is 11.5 Å². The van der Waals surface area contributed by atoms with Crippen molar-refractivity contribution in [1.29, 1.82) is 0 Å². The maximum absolute atomic E-state index is 9.36. The molecule has 0 saturated heterocycles. The topological polar surface area (TPSA) is 38.7 Å². The van der Waals surface area contributed by atoms with Crippen LogP contribution in [0.3, 0.4) is 0 Å². The lowest BCUT2D eigenvalue weighted by molar-refractivity contribution is 0.0317. The third-order valence-electron chi connectivity index (χ3n) is 2.35. The average molecular weight is 194 g/mol. The van der Waals surface area contributed by atoms with E-state index in [9.17, 15) is 5.11 Å². The smallest absolute Gasteiger partial charge is 0.125 e. The lowest BCUT2D eigenvalue weighted by atomic mass is 10.0. The SMILES string of the molecule is CCOC1CCOc2ccc(O)cc21. The molecule has 0 fully saturated rings. The van der Waals surface area contributed by atoms with Crippen molar-refractivity contribution in [2.45, 2.75) is 19.4 Å². The van der Waals surface area contributed by atoms with Crippen LogP contribution in [0.2, 0.25) is 0 Å². The van der Waals surface area contributed by atoms with Crippen LogP contribution in [0, 0.1) is 0 Å². The molecule has 1 unspecified atom stereocenters. The molecule has 76 valence electrons. The van der Waals surface area contributed by atoms with Gasteiger partial charge in [0, 0.05) is 18.6 Å². The third kappa shape index (κ3) is 1.68. The van der Waals surface area contributed by atoms with Gasteiger partial charge in [-0.25, -0.2) is 0 Å².